The Kier molecular flexibility index (Phi) is 7.11. The van der Waals surface area contributed by atoms with Crippen molar-refractivity contribution >= 4 is 5.91 Å². The highest BCUT2D eigenvalue weighted by molar-refractivity contribution is 5.94. The monoisotopic (exact) mass is 391 g/mol. The van der Waals surface area contributed by atoms with Crippen LogP contribution in [0.15, 0.2) is 72.8 Å². The van der Waals surface area contributed by atoms with Gasteiger partial charge in [-0.25, -0.2) is 0 Å². The van der Waals surface area contributed by atoms with Gasteiger partial charge in [0.25, 0.3) is 5.91 Å². The fourth-order valence-electron chi connectivity index (χ4n) is 2.93. The molecule has 0 saturated carbocycles. The van der Waals surface area contributed by atoms with Crippen LogP contribution in [0.1, 0.15) is 28.4 Å². The summed E-state index contributed by atoms with van der Waals surface area (Å²) < 4.78 is 16.9. The topological polar surface area (TPSA) is 56.8 Å². The Balaban J connectivity index is 1.72. The van der Waals surface area contributed by atoms with Crippen molar-refractivity contribution in [1.82, 2.24) is 5.32 Å². The molecule has 5 heteroatoms. The lowest BCUT2D eigenvalue weighted by Crippen LogP contribution is -2.23. The minimum Gasteiger partial charge on any atom is -0.496 e. The van der Waals surface area contributed by atoms with Crippen molar-refractivity contribution in [2.45, 2.75) is 20.1 Å². The maximum absolute atomic E-state index is 12.7. The molecule has 0 heterocycles. The van der Waals surface area contributed by atoms with Gasteiger partial charge >= 0.3 is 0 Å². The van der Waals surface area contributed by atoms with Gasteiger partial charge in [-0.2, -0.15) is 0 Å². The first-order chi connectivity index (χ1) is 14.2. The summed E-state index contributed by atoms with van der Waals surface area (Å²) >= 11 is 0. The van der Waals surface area contributed by atoms with E-state index in [2.05, 4.69) is 5.32 Å². The van der Waals surface area contributed by atoms with Crippen LogP contribution in [0.2, 0.25) is 0 Å². The second kappa shape index (κ2) is 10.2. The molecule has 0 aliphatic rings. The molecule has 3 rings (SSSR count). The van der Waals surface area contributed by atoms with Gasteiger partial charge < -0.3 is 19.5 Å². The molecule has 0 fully saturated rings. The Morgan fingerprint density at radius 3 is 2.38 bits per heavy atom. The molecule has 3 aromatic carbocycles. The van der Waals surface area contributed by atoms with Crippen LogP contribution in [0.4, 0.5) is 0 Å². The summed E-state index contributed by atoms with van der Waals surface area (Å²) in [6.45, 7) is 3.16. The summed E-state index contributed by atoms with van der Waals surface area (Å²) in [7, 11) is 1.62. The number of carbonyl (C=O) groups excluding carboxylic acids is 1. The molecular weight excluding hydrogens is 366 g/mol. The van der Waals surface area contributed by atoms with E-state index in [0.717, 1.165) is 22.6 Å². The molecular formula is C24H25NO4. The number of hydrogen-bond donors (Lipinski definition) is 1. The van der Waals surface area contributed by atoms with Gasteiger partial charge in [0, 0.05) is 23.2 Å². The van der Waals surface area contributed by atoms with Crippen molar-refractivity contribution < 1.29 is 19.0 Å². The van der Waals surface area contributed by atoms with E-state index in [0.29, 0.717) is 31.1 Å². The Morgan fingerprint density at radius 2 is 1.62 bits per heavy atom. The van der Waals surface area contributed by atoms with Crippen LogP contribution < -0.4 is 19.5 Å². The molecule has 0 aliphatic carbocycles. The van der Waals surface area contributed by atoms with E-state index in [4.69, 9.17) is 14.2 Å². The second-order valence-electron chi connectivity index (χ2n) is 6.35. The van der Waals surface area contributed by atoms with Gasteiger partial charge in [0.05, 0.1) is 13.7 Å². The predicted molar refractivity (Wildman–Crippen MR) is 113 cm³/mol. The summed E-state index contributed by atoms with van der Waals surface area (Å²) in [5.74, 6) is 2.06. The van der Waals surface area contributed by atoms with Crippen molar-refractivity contribution in [1.29, 1.82) is 0 Å². The van der Waals surface area contributed by atoms with E-state index < -0.39 is 0 Å². The molecule has 3 aromatic rings. The summed E-state index contributed by atoms with van der Waals surface area (Å²) in [5, 5.41) is 2.94. The number of rotatable bonds is 9. The lowest BCUT2D eigenvalue weighted by molar-refractivity contribution is 0.0950. The van der Waals surface area contributed by atoms with Crippen molar-refractivity contribution in [3.63, 3.8) is 0 Å². The first-order valence-corrected chi connectivity index (χ1v) is 9.55. The molecule has 0 aromatic heterocycles. The molecule has 0 aliphatic heterocycles. The summed E-state index contributed by atoms with van der Waals surface area (Å²) in [6.07, 6.45) is 0. The summed E-state index contributed by atoms with van der Waals surface area (Å²) in [4.78, 5) is 12.7. The van der Waals surface area contributed by atoms with Crippen molar-refractivity contribution in [2.24, 2.45) is 0 Å². The highest BCUT2D eigenvalue weighted by Gasteiger charge is 2.12. The minimum absolute atomic E-state index is 0.167. The average molecular weight is 391 g/mol. The van der Waals surface area contributed by atoms with E-state index >= 15 is 0 Å². The molecule has 0 bridgehead atoms. The Morgan fingerprint density at radius 1 is 0.862 bits per heavy atom. The zero-order valence-electron chi connectivity index (χ0n) is 16.7. The maximum Gasteiger partial charge on any atom is 0.251 e. The van der Waals surface area contributed by atoms with Crippen molar-refractivity contribution in [2.75, 3.05) is 13.7 Å². The maximum atomic E-state index is 12.7. The Hall–Kier alpha value is -3.47. The Bertz CT molecular complexity index is 941. The lowest BCUT2D eigenvalue weighted by Gasteiger charge is -2.14. The first-order valence-electron chi connectivity index (χ1n) is 9.55. The van der Waals surface area contributed by atoms with Crippen molar-refractivity contribution in [3.05, 3.63) is 89.5 Å². The molecule has 1 amide bonds. The fraction of sp³-hybridized carbons (Fsp3) is 0.208. The van der Waals surface area contributed by atoms with E-state index in [1.165, 1.54) is 0 Å². The quantitative estimate of drug-likeness (QED) is 0.579. The number of para-hydroxylation sites is 2. The van der Waals surface area contributed by atoms with E-state index in [9.17, 15) is 4.79 Å². The molecule has 0 atom stereocenters. The average Bonchev–Trinajstić information content (AvgIpc) is 2.77. The minimum atomic E-state index is -0.167. The number of benzene rings is 3. The SMILES string of the molecule is CCOc1ccc(C(=O)NCc2ccccc2OC)cc1COc1ccccc1. The summed E-state index contributed by atoms with van der Waals surface area (Å²) in [5.41, 5.74) is 2.29. The molecule has 0 spiro atoms. The summed E-state index contributed by atoms with van der Waals surface area (Å²) in [6, 6.07) is 22.6. The van der Waals surface area contributed by atoms with Crippen LogP contribution in [0, 0.1) is 0 Å². The predicted octanol–water partition coefficient (Wildman–Crippen LogP) is 4.60. The van der Waals surface area contributed by atoms with Gasteiger partial charge in [0.15, 0.2) is 0 Å². The third-order valence-electron chi connectivity index (χ3n) is 4.39. The number of amides is 1. The zero-order valence-corrected chi connectivity index (χ0v) is 16.7. The van der Waals surface area contributed by atoms with Crippen LogP contribution in [0.25, 0.3) is 0 Å². The second-order valence-corrected chi connectivity index (χ2v) is 6.35. The van der Waals surface area contributed by atoms with Gasteiger partial charge in [-0.3, -0.25) is 4.79 Å². The highest BCUT2D eigenvalue weighted by Crippen LogP contribution is 2.23. The first kappa shape index (κ1) is 20.3. The van der Waals surface area contributed by atoms with Gasteiger partial charge in [-0.15, -0.1) is 0 Å². The number of carbonyl (C=O) groups is 1. The Labute approximate surface area is 171 Å². The van der Waals surface area contributed by atoms with Gasteiger partial charge in [-0.1, -0.05) is 36.4 Å². The third-order valence-corrected chi connectivity index (χ3v) is 4.39. The molecule has 0 radical (unpaired) electrons. The molecule has 0 saturated heterocycles. The smallest absolute Gasteiger partial charge is 0.251 e. The van der Waals surface area contributed by atoms with Crippen LogP contribution in [0.3, 0.4) is 0 Å². The van der Waals surface area contributed by atoms with Gasteiger partial charge in [-0.05, 0) is 43.3 Å². The van der Waals surface area contributed by atoms with Crippen LogP contribution >= 0.6 is 0 Å². The molecule has 150 valence electrons. The number of nitrogens with one attached hydrogen (secondary N) is 1. The molecule has 5 nitrogen and oxygen atoms in total. The molecule has 29 heavy (non-hydrogen) atoms. The van der Waals surface area contributed by atoms with E-state index in [1.54, 1.807) is 13.2 Å². The number of hydrogen-bond acceptors (Lipinski definition) is 4. The zero-order chi connectivity index (χ0) is 20.5. The lowest BCUT2D eigenvalue weighted by atomic mass is 10.1. The van der Waals surface area contributed by atoms with Crippen LogP contribution in [-0.2, 0) is 13.2 Å². The van der Waals surface area contributed by atoms with Crippen molar-refractivity contribution in [3.8, 4) is 17.2 Å². The number of methoxy groups -OCH3 is 1. The van der Waals surface area contributed by atoms with Crippen LogP contribution in [-0.4, -0.2) is 19.6 Å². The standard InChI is InChI=1S/C24H25NO4/c1-3-28-23-14-13-18(15-20(23)17-29-21-10-5-4-6-11-21)24(26)25-16-19-9-7-8-12-22(19)27-2/h4-15H,3,16-17H2,1-2H3,(H,25,26). The third kappa shape index (κ3) is 5.51. The van der Waals surface area contributed by atoms with Gasteiger partial charge in [0.2, 0.25) is 0 Å². The molecule has 0 unspecified atom stereocenters. The molecule has 1 N–H and O–H groups in total. The highest BCUT2D eigenvalue weighted by atomic mass is 16.5. The normalized spacial score (nSPS) is 10.3. The van der Waals surface area contributed by atoms with Gasteiger partial charge in [0.1, 0.15) is 23.9 Å². The van der Waals surface area contributed by atoms with Crippen LogP contribution in [0.5, 0.6) is 17.2 Å². The largest absolute Gasteiger partial charge is 0.496 e. The number of ether oxygens (including phenoxy) is 3. The van der Waals surface area contributed by atoms with E-state index in [1.807, 2.05) is 73.7 Å². The van der Waals surface area contributed by atoms with E-state index in [-0.39, 0.29) is 5.91 Å². The fourth-order valence-corrected chi connectivity index (χ4v) is 2.93.